The Balaban J connectivity index is 1.44. The zero-order valence-corrected chi connectivity index (χ0v) is 16.1. The standard InChI is InChI=1S/C20H19N7O3/c1-26-18-16(6-3-7-22-18)30-11-15(20(26)29)24-19(28)17-23-12-27(25-17)10-14-5-2-4-13(8-14)9-21/h2-8,12,15,19,24,28H,10-11H2,1H3/t15-,19?/m0/s1. The number of carbonyl (C=O) groups is 1. The summed E-state index contributed by atoms with van der Waals surface area (Å²) in [6.07, 6.45) is 1.80. The summed E-state index contributed by atoms with van der Waals surface area (Å²) in [5.41, 5.74) is 1.44. The molecule has 0 spiro atoms. The monoisotopic (exact) mass is 405 g/mol. The van der Waals surface area contributed by atoms with Crippen molar-refractivity contribution < 1.29 is 14.6 Å². The van der Waals surface area contributed by atoms with Gasteiger partial charge in [0.15, 0.2) is 23.6 Å². The minimum absolute atomic E-state index is 0.0284. The Morgan fingerprint density at radius 3 is 3.07 bits per heavy atom. The van der Waals surface area contributed by atoms with Gasteiger partial charge in [-0.1, -0.05) is 12.1 Å². The first-order valence-corrected chi connectivity index (χ1v) is 9.23. The third kappa shape index (κ3) is 3.98. The van der Waals surface area contributed by atoms with Crippen LogP contribution in [0.1, 0.15) is 23.2 Å². The maximum Gasteiger partial charge on any atom is 0.248 e. The number of carbonyl (C=O) groups excluding carboxylic acids is 1. The first kappa shape index (κ1) is 19.5. The molecule has 0 saturated heterocycles. The van der Waals surface area contributed by atoms with Gasteiger partial charge in [0, 0.05) is 13.2 Å². The molecule has 1 amide bonds. The number of nitriles is 1. The number of anilines is 1. The van der Waals surface area contributed by atoms with Gasteiger partial charge in [0.2, 0.25) is 5.91 Å². The van der Waals surface area contributed by atoms with E-state index in [0.717, 1.165) is 5.56 Å². The van der Waals surface area contributed by atoms with Gasteiger partial charge in [-0.05, 0) is 29.8 Å². The molecule has 0 saturated carbocycles. The number of aliphatic hydroxyl groups is 1. The largest absolute Gasteiger partial charge is 0.488 e. The number of ether oxygens (including phenoxy) is 1. The molecule has 0 aliphatic carbocycles. The van der Waals surface area contributed by atoms with Gasteiger partial charge in [-0.15, -0.1) is 0 Å². The van der Waals surface area contributed by atoms with E-state index in [4.69, 9.17) is 10.00 Å². The molecule has 0 radical (unpaired) electrons. The number of hydrogen-bond acceptors (Lipinski definition) is 8. The summed E-state index contributed by atoms with van der Waals surface area (Å²) in [6, 6.07) is 11.9. The Kier molecular flexibility index (Phi) is 5.38. The molecular formula is C20H19N7O3. The predicted octanol–water partition coefficient (Wildman–Crippen LogP) is 0.598. The van der Waals surface area contributed by atoms with Crippen molar-refractivity contribution in [1.82, 2.24) is 25.1 Å². The lowest BCUT2D eigenvalue weighted by atomic mass is 10.1. The summed E-state index contributed by atoms with van der Waals surface area (Å²) in [5, 5.41) is 26.6. The second kappa shape index (κ2) is 8.28. The molecule has 1 unspecified atom stereocenters. The van der Waals surface area contributed by atoms with Gasteiger partial charge in [-0.3, -0.25) is 15.0 Å². The molecule has 3 aromatic rings. The fourth-order valence-corrected chi connectivity index (χ4v) is 3.15. The minimum atomic E-state index is -1.27. The van der Waals surface area contributed by atoms with Gasteiger partial charge in [0.25, 0.3) is 0 Å². The summed E-state index contributed by atoms with van der Waals surface area (Å²) in [5.74, 6) is 0.749. The van der Waals surface area contributed by atoms with Crippen LogP contribution < -0.4 is 15.0 Å². The van der Waals surface area contributed by atoms with Crippen LogP contribution in [0.2, 0.25) is 0 Å². The fourth-order valence-electron chi connectivity index (χ4n) is 3.15. The van der Waals surface area contributed by atoms with Gasteiger partial charge < -0.3 is 9.84 Å². The van der Waals surface area contributed by atoms with E-state index >= 15 is 0 Å². The van der Waals surface area contributed by atoms with Crippen molar-refractivity contribution in [2.75, 3.05) is 18.6 Å². The number of aromatic nitrogens is 4. The molecule has 30 heavy (non-hydrogen) atoms. The average Bonchev–Trinajstić information content (AvgIpc) is 3.20. The molecular weight excluding hydrogens is 386 g/mol. The molecule has 0 bridgehead atoms. The lowest BCUT2D eigenvalue weighted by molar-refractivity contribution is -0.121. The van der Waals surface area contributed by atoms with Crippen molar-refractivity contribution in [3.05, 3.63) is 65.9 Å². The third-order valence-electron chi connectivity index (χ3n) is 4.66. The molecule has 2 aromatic heterocycles. The SMILES string of the molecule is CN1C(=O)[C@@H](NC(O)c2ncn(Cc3cccc(C#N)c3)n2)COc2cccnc21. The van der Waals surface area contributed by atoms with Crippen LogP contribution in [-0.4, -0.2) is 50.5 Å². The van der Waals surface area contributed by atoms with E-state index in [0.29, 0.717) is 23.7 Å². The number of likely N-dealkylation sites (N-methyl/N-ethyl adjacent to an activating group) is 1. The highest BCUT2D eigenvalue weighted by Gasteiger charge is 2.32. The maximum atomic E-state index is 12.7. The summed E-state index contributed by atoms with van der Waals surface area (Å²) >= 11 is 0. The molecule has 3 heterocycles. The van der Waals surface area contributed by atoms with E-state index in [2.05, 4.69) is 26.5 Å². The van der Waals surface area contributed by atoms with E-state index in [-0.39, 0.29) is 18.3 Å². The zero-order chi connectivity index (χ0) is 21.1. The molecule has 0 fully saturated rings. The van der Waals surface area contributed by atoms with Crippen molar-refractivity contribution in [3.8, 4) is 11.8 Å². The first-order chi connectivity index (χ1) is 14.5. The van der Waals surface area contributed by atoms with Crippen molar-refractivity contribution in [2.45, 2.75) is 18.8 Å². The molecule has 4 rings (SSSR count). The van der Waals surface area contributed by atoms with E-state index in [1.807, 2.05) is 6.07 Å². The van der Waals surface area contributed by atoms with Gasteiger partial charge in [-0.25, -0.2) is 14.6 Å². The Labute approximate surface area is 172 Å². The van der Waals surface area contributed by atoms with Gasteiger partial charge >= 0.3 is 0 Å². The third-order valence-corrected chi connectivity index (χ3v) is 4.66. The van der Waals surface area contributed by atoms with Crippen LogP contribution in [0.4, 0.5) is 5.82 Å². The minimum Gasteiger partial charge on any atom is -0.488 e. The van der Waals surface area contributed by atoms with Gasteiger partial charge in [0.1, 0.15) is 19.0 Å². The first-order valence-electron chi connectivity index (χ1n) is 9.23. The van der Waals surface area contributed by atoms with Crippen LogP contribution in [0.3, 0.4) is 0 Å². The molecule has 2 atom stereocenters. The topological polar surface area (TPSA) is 129 Å². The number of aliphatic hydroxyl groups excluding tert-OH is 1. The normalized spacial score (nSPS) is 16.9. The van der Waals surface area contributed by atoms with E-state index in [1.54, 1.807) is 48.3 Å². The van der Waals surface area contributed by atoms with Crippen molar-refractivity contribution in [2.24, 2.45) is 0 Å². The smallest absolute Gasteiger partial charge is 0.248 e. The quantitative estimate of drug-likeness (QED) is 0.590. The van der Waals surface area contributed by atoms with E-state index in [1.165, 1.54) is 11.2 Å². The highest BCUT2D eigenvalue weighted by atomic mass is 16.5. The molecule has 152 valence electrons. The van der Waals surface area contributed by atoms with Gasteiger partial charge in [0.05, 0.1) is 18.2 Å². The van der Waals surface area contributed by atoms with Crippen LogP contribution in [0, 0.1) is 11.3 Å². The summed E-state index contributed by atoms with van der Waals surface area (Å²) in [7, 11) is 1.60. The Morgan fingerprint density at radius 2 is 2.23 bits per heavy atom. The lowest BCUT2D eigenvalue weighted by Crippen LogP contribution is -2.48. The number of fused-ring (bicyclic) bond motifs is 1. The summed E-state index contributed by atoms with van der Waals surface area (Å²) in [6.45, 7) is 0.422. The Hall–Kier alpha value is -3.81. The molecule has 1 aromatic carbocycles. The fraction of sp³-hybridized carbons (Fsp3) is 0.250. The second-order valence-corrected chi connectivity index (χ2v) is 6.77. The molecule has 2 N–H and O–H groups in total. The number of pyridine rings is 1. The number of hydrogen-bond donors (Lipinski definition) is 2. The second-order valence-electron chi connectivity index (χ2n) is 6.77. The number of amides is 1. The molecule has 10 nitrogen and oxygen atoms in total. The van der Waals surface area contributed by atoms with Crippen molar-refractivity contribution in [3.63, 3.8) is 0 Å². The Bertz CT molecular complexity index is 1110. The molecule has 1 aliphatic heterocycles. The van der Waals surface area contributed by atoms with Gasteiger partial charge in [-0.2, -0.15) is 10.4 Å². The number of nitrogens with one attached hydrogen (secondary N) is 1. The van der Waals surface area contributed by atoms with Crippen LogP contribution in [0.5, 0.6) is 5.75 Å². The number of nitrogens with zero attached hydrogens (tertiary/aromatic N) is 6. The predicted molar refractivity (Wildman–Crippen MR) is 105 cm³/mol. The highest BCUT2D eigenvalue weighted by Crippen LogP contribution is 2.27. The zero-order valence-electron chi connectivity index (χ0n) is 16.1. The highest BCUT2D eigenvalue weighted by molar-refractivity contribution is 5.97. The molecule has 10 heteroatoms. The lowest BCUT2D eigenvalue weighted by Gasteiger charge is -2.21. The number of benzene rings is 1. The van der Waals surface area contributed by atoms with Crippen molar-refractivity contribution >= 4 is 11.7 Å². The molecule has 1 aliphatic rings. The van der Waals surface area contributed by atoms with E-state index in [9.17, 15) is 9.90 Å². The van der Waals surface area contributed by atoms with Crippen LogP contribution in [-0.2, 0) is 11.3 Å². The Morgan fingerprint density at radius 1 is 1.37 bits per heavy atom. The van der Waals surface area contributed by atoms with Crippen LogP contribution in [0.15, 0.2) is 48.9 Å². The maximum absolute atomic E-state index is 12.7. The number of rotatable bonds is 5. The summed E-state index contributed by atoms with van der Waals surface area (Å²) < 4.78 is 7.22. The van der Waals surface area contributed by atoms with E-state index < -0.39 is 12.3 Å². The van der Waals surface area contributed by atoms with Crippen LogP contribution in [0.25, 0.3) is 0 Å². The summed E-state index contributed by atoms with van der Waals surface area (Å²) in [4.78, 5) is 22.4. The average molecular weight is 405 g/mol. The van der Waals surface area contributed by atoms with Crippen molar-refractivity contribution in [1.29, 1.82) is 5.26 Å². The van der Waals surface area contributed by atoms with Crippen LogP contribution >= 0.6 is 0 Å².